The van der Waals surface area contributed by atoms with Gasteiger partial charge in [-0.05, 0) is 36.5 Å². The summed E-state index contributed by atoms with van der Waals surface area (Å²) < 4.78 is 0. The molecule has 1 fully saturated rings. The number of carbonyl (C=O) groups is 1. The number of nitrogen functional groups attached to an aromatic ring is 1. The van der Waals surface area contributed by atoms with Crippen LogP contribution < -0.4 is 16.0 Å². The van der Waals surface area contributed by atoms with Gasteiger partial charge in [0, 0.05) is 25.3 Å². The molecule has 0 aliphatic carbocycles. The zero-order valence-corrected chi connectivity index (χ0v) is 16.0. The summed E-state index contributed by atoms with van der Waals surface area (Å²) in [6.45, 7) is 4.73. The zero-order chi connectivity index (χ0) is 19.5. The van der Waals surface area contributed by atoms with Gasteiger partial charge < -0.3 is 16.0 Å². The van der Waals surface area contributed by atoms with E-state index in [1.54, 1.807) is 0 Å². The van der Waals surface area contributed by atoms with Gasteiger partial charge in [0.2, 0.25) is 0 Å². The van der Waals surface area contributed by atoms with Crippen LogP contribution in [-0.4, -0.2) is 35.7 Å². The molecule has 144 valence electrons. The lowest BCUT2D eigenvalue weighted by Crippen LogP contribution is -2.31. The lowest BCUT2D eigenvalue weighted by Gasteiger charge is -2.21. The first kappa shape index (κ1) is 18.1. The van der Waals surface area contributed by atoms with Gasteiger partial charge in [-0.15, -0.1) is 0 Å². The van der Waals surface area contributed by atoms with E-state index < -0.39 is 0 Å². The van der Waals surface area contributed by atoms with E-state index in [1.807, 2.05) is 30.3 Å². The van der Waals surface area contributed by atoms with Crippen molar-refractivity contribution in [2.75, 3.05) is 30.3 Å². The average molecular weight is 375 g/mol. The first-order valence-electron chi connectivity index (χ1n) is 9.61. The van der Waals surface area contributed by atoms with E-state index in [9.17, 15) is 4.79 Å². The Bertz CT molecular complexity index is 966. The number of nitrogens with two attached hydrogens (primary N) is 1. The van der Waals surface area contributed by atoms with Gasteiger partial charge in [0.1, 0.15) is 5.69 Å². The predicted octanol–water partition coefficient (Wildman–Crippen LogP) is 3.22. The Morgan fingerprint density at radius 1 is 1.21 bits per heavy atom. The number of rotatable bonds is 5. The molecule has 1 aliphatic heterocycles. The molecule has 0 bridgehead atoms. The molecule has 6 nitrogen and oxygen atoms in total. The van der Waals surface area contributed by atoms with Crippen LogP contribution in [-0.2, 0) is 0 Å². The van der Waals surface area contributed by atoms with Crippen LogP contribution >= 0.6 is 0 Å². The van der Waals surface area contributed by atoms with E-state index in [-0.39, 0.29) is 5.91 Å². The third kappa shape index (κ3) is 3.58. The Balaban J connectivity index is 1.40. The number of aryl methyl sites for hydroxylation is 1. The van der Waals surface area contributed by atoms with E-state index in [1.165, 1.54) is 11.3 Å². The van der Waals surface area contributed by atoms with Crippen LogP contribution in [0.3, 0.4) is 0 Å². The van der Waals surface area contributed by atoms with E-state index in [0.29, 0.717) is 29.5 Å². The minimum atomic E-state index is -0.169. The van der Waals surface area contributed by atoms with E-state index >= 15 is 0 Å². The van der Waals surface area contributed by atoms with Crippen molar-refractivity contribution in [2.45, 2.75) is 13.3 Å². The number of carbonyl (C=O) groups excluding carboxylic acids is 1. The van der Waals surface area contributed by atoms with Gasteiger partial charge in [0.15, 0.2) is 5.82 Å². The second-order valence-corrected chi connectivity index (χ2v) is 7.32. The number of hydrogen-bond donors (Lipinski definition) is 3. The van der Waals surface area contributed by atoms with Gasteiger partial charge in [0.25, 0.3) is 5.91 Å². The predicted molar refractivity (Wildman–Crippen MR) is 112 cm³/mol. The molecular formula is C22H25N5O. The van der Waals surface area contributed by atoms with Crippen molar-refractivity contribution in [3.63, 3.8) is 0 Å². The topological polar surface area (TPSA) is 87.0 Å². The van der Waals surface area contributed by atoms with Crippen molar-refractivity contribution in [3.8, 4) is 11.1 Å². The Morgan fingerprint density at radius 3 is 2.75 bits per heavy atom. The standard InChI is InChI=1S/C22H25N5O/c1-15-7-5-6-10-18(15)27-12-11-16(14-27)13-24-22(28)20-19(21(23)26-25-20)17-8-3-2-4-9-17/h2-10,16H,11-14H2,1H3,(H,24,28)(H3,23,25,26)/t16-/m1/s1. The number of H-pyrrole nitrogens is 1. The lowest BCUT2D eigenvalue weighted by molar-refractivity contribution is 0.0944. The molecule has 1 saturated heterocycles. The highest BCUT2D eigenvalue weighted by Gasteiger charge is 2.25. The summed E-state index contributed by atoms with van der Waals surface area (Å²) in [5, 5.41) is 9.89. The molecule has 2 aromatic carbocycles. The van der Waals surface area contributed by atoms with Crippen LogP contribution in [0.15, 0.2) is 54.6 Å². The molecule has 0 radical (unpaired) electrons. The number of anilines is 2. The Hall–Kier alpha value is -3.28. The number of aromatic amines is 1. The smallest absolute Gasteiger partial charge is 0.270 e. The normalized spacial score (nSPS) is 16.3. The summed E-state index contributed by atoms with van der Waals surface area (Å²) in [7, 11) is 0. The maximum Gasteiger partial charge on any atom is 0.270 e. The Labute approximate surface area is 164 Å². The average Bonchev–Trinajstić information content (AvgIpc) is 3.34. The maximum atomic E-state index is 12.8. The molecule has 28 heavy (non-hydrogen) atoms. The fraction of sp³-hybridized carbons (Fsp3) is 0.273. The van der Waals surface area contributed by atoms with Crippen molar-refractivity contribution >= 4 is 17.4 Å². The van der Waals surface area contributed by atoms with E-state index in [0.717, 1.165) is 25.1 Å². The quantitative estimate of drug-likeness (QED) is 0.639. The Morgan fingerprint density at radius 2 is 1.96 bits per heavy atom. The number of benzene rings is 2. The number of para-hydroxylation sites is 1. The van der Waals surface area contributed by atoms with Crippen molar-refractivity contribution in [1.29, 1.82) is 0 Å². The molecule has 1 atom stereocenters. The van der Waals surface area contributed by atoms with Gasteiger partial charge in [-0.25, -0.2) is 0 Å². The molecule has 1 aromatic heterocycles. The third-order valence-corrected chi connectivity index (χ3v) is 5.38. The molecule has 0 spiro atoms. The molecule has 0 unspecified atom stereocenters. The fourth-order valence-electron chi connectivity index (χ4n) is 3.88. The van der Waals surface area contributed by atoms with Crippen molar-refractivity contribution in [2.24, 2.45) is 5.92 Å². The summed E-state index contributed by atoms with van der Waals surface area (Å²) in [5.41, 5.74) is 10.5. The summed E-state index contributed by atoms with van der Waals surface area (Å²) in [5.74, 6) is 0.587. The van der Waals surface area contributed by atoms with Crippen LogP contribution in [0.2, 0.25) is 0 Å². The number of nitrogens with one attached hydrogen (secondary N) is 2. The highest BCUT2D eigenvalue weighted by molar-refractivity contribution is 6.01. The molecule has 0 saturated carbocycles. The van der Waals surface area contributed by atoms with Gasteiger partial charge >= 0.3 is 0 Å². The minimum Gasteiger partial charge on any atom is -0.382 e. The summed E-state index contributed by atoms with van der Waals surface area (Å²) >= 11 is 0. The number of nitrogens with zero attached hydrogens (tertiary/aromatic N) is 2. The zero-order valence-electron chi connectivity index (χ0n) is 16.0. The second-order valence-electron chi connectivity index (χ2n) is 7.32. The molecular weight excluding hydrogens is 350 g/mol. The van der Waals surface area contributed by atoms with Crippen LogP contribution in [0.4, 0.5) is 11.5 Å². The van der Waals surface area contributed by atoms with Gasteiger partial charge in [-0.3, -0.25) is 9.89 Å². The molecule has 1 aliphatic rings. The third-order valence-electron chi connectivity index (χ3n) is 5.38. The Kier molecular flexibility index (Phi) is 5.02. The largest absolute Gasteiger partial charge is 0.382 e. The first-order valence-corrected chi connectivity index (χ1v) is 9.61. The van der Waals surface area contributed by atoms with Gasteiger partial charge in [-0.1, -0.05) is 48.5 Å². The molecule has 4 rings (SSSR count). The number of hydrogen-bond acceptors (Lipinski definition) is 4. The number of amides is 1. The van der Waals surface area contributed by atoms with Crippen LogP contribution in [0, 0.1) is 12.8 Å². The molecule has 6 heteroatoms. The van der Waals surface area contributed by atoms with Crippen molar-refractivity contribution in [1.82, 2.24) is 15.5 Å². The molecule has 1 amide bonds. The van der Waals surface area contributed by atoms with Crippen LogP contribution in [0.5, 0.6) is 0 Å². The lowest BCUT2D eigenvalue weighted by atomic mass is 10.0. The highest BCUT2D eigenvalue weighted by Crippen LogP contribution is 2.28. The molecule has 3 aromatic rings. The van der Waals surface area contributed by atoms with Crippen LogP contribution in [0.25, 0.3) is 11.1 Å². The second kappa shape index (κ2) is 7.76. The highest BCUT2D eigenvalue weighted by atomic mass is 16.1. The van der Waals surface area contributed by atoms with E-state index in [2.05, 4.69) is 51.6 Å². The summed E-state index contributed by atoms with van der Waals surface area (Å²) in [6.07, 6.45) is 1.06. The van der Waals surface area contributed by atoms with Crippen molar-refractivity contribution in [3.05, 3.63) is 65.9 Å². The monoisotopic (exact) mass is 375 g/mol. The number of aromatic nitrogens is 2. The molecule has 4 N–H and O–H groups in total. The minimum absolute atomic E-state index is 0.169. The van der Waals surface area contributed by atoms with Crippen molar-refractivity contribution < 1.29 is 4.79 Å². The van der Waals surface area contributed by atoms with E-state index in [4.69, 9.17) is 5.73 Å². The van der Waals surface area contributed by atoms with Gasteiger partial charge in [-0.2, -0.15) is 5.10 Å². The first-order chi connectivity index (χ1) is 13.6. The fourth-order valence-corrected chi connectivity index (χ4v) is 3.88. The van der Waals surface area contributed by atoms with Gasteiger partial charge in [0.05, 0.1) is 5.56 Å². The maximum absolute atomic E-state index is 12.8. The van der Waals surface area contributed by atoms with Crippen LogP contribution in [0.1, 0.15) is 22.5 Å². The SMILES string of the molecule is Cc1ccccc1N1CC[C@H](CNC(=O)c2[nH]nc(N)c2-c2ccccc2)C1. The summed E-state index contributed by atoms with van der Waals surface area (Å²) in [6, 6.07) is 18.1. The summed E-state index contributed by atoms with van der Waals surface area (Å²) in [4.78, 5) is 15.2. The molecule has 2 heterocycles.